The summed E-state index contributed by atoms with van der Waals surface area (Å²) >= 11 is 0. The molecule has 1 N–H and O–H groups in total. The molecule has 0 aliphatic carbocycles. The van der Waals surface area contributed by atoms with Crippen molar-refractivity contribution in [2.45, 2.75) is 26.1 Å². The van der Waals surface area contributed by atoms with Gasteiger partial charge in [0.2, 0.25) is 0 Å². The van der Waals surface area contributed by atoms with Crippen LogP contribution in [0.4, 0.5) is 19.0 Å². The highest BCUT2D eigenvalue weighted by Gasteiger charge is 2.33. The smallest absolute Gasteiger partial charge is 0.378 e. The summed E-state index contributed by atoms with van der Waals surface area (Å²) in [6.45, 7) is 4.93. The molecular weight excluding hydrogens is 559 g/mol. The Morgan fingerprint density at radius 1 is 1.10 bits per heavy atom. The van der Waals surface area contributed by atoms with Crippen molar-refractivity contribution in [2.75, 3.05) is 55.8 Å². The van der Waals surface area contributed by atoms with Crippen molar-refractivity contribution >= 4 is 21.3 Å². The number of benzene rings is 1. The Hall–Kier alpha value is -3.49. The molecule has 0 bridgehead atoms. The van der Waals surface area contributed by atoms with E-state index in [2.05, 4.69) is 14.9 Å². The van der Waals surface area contributed by atoms with Gasteiger partial charge in [-0.1, -0.05) is 12.1 Å². The summed E-state index contributed by atoms with van der Waals surface area (Å²) in [4.78, 5) is 16.7. The number of H-pyrrole nitrogens is 1. The Morgan fingerprint density at radius 2 is 1.85 bits per heavy atom. The Balaban J connectivity index is 1.51. The third-order valence-corrected chi connectivity index (χ3v) is 9.36. The van der Waals surface area contributed by atoms with E-state index in [9.17, 15) is 21.6 Å². The van der Waals surface area contributed by atoms with Crippen LogP contribution in [0.15, 0.2) is 36.7 Å². The molecule has 2 saturated heterocycles. The molecule has 3 aromatic heterocycles. The maximum atomic E-state index is 13.8. The first kappa shape index (κ1) is 27.7. The van der Waals surface area contributed by atoms with Gasteiger partial charge in [0.1, 0.15) is 5.82 Å². The largest absolute Gasteiger partial charge is 0.416 e. The molecule has 0 spiro atoms. The van der Waals surface area contributed by atoms with E-state index < -0.39 is 21.6 Å². The van der Waals surface area contributed by atoms with Crippen LogP contribution >= 0.6 is 0 Å². The van der Waals surface area contributed by atoms with E-state index in [0.29, 0.717) is 85.7 Å². The molecule has 2 aliphatic rings. The number of nitrogens with one attached hydrogen (secondary N) is 1. The summed E-state index contributed by atoms with van der Waals surface area (Å²) in [5.41, 5.74) is 2.52. The maximum absolute atomic E-state index is 13.8. The number of imidazole rings is 2. The molecule has 0 radical (unpaired) electrons. The zero-order valence-corrected chi connectivity index (χ0v) is 23.3. The molecule has 6 rings (SSSR count). The number of rotatable bonds is 6. The number of nitrogens with zero attached hydrogens (tertiary/aromatic N) is 6. The second-order valence-electron chi connectivity index (χ2n) is 10.4. The highest BCUT2D eigenvalue weighted by molar-refractivity contribution is 7.91. The number of halogens is 3. The highest BCUT2D eigenvalue weighted by Crippen LogP contribution is 2.35. The molecule has 0 saturated carbocycles. The minimum Gasteiger partial charge on any atom is -0.378 e. The summed E-state index contributed by atoms with van der Waals surface area (Å²) in [5.74, 6) is 1.38. The zero-order valence-electron chi connectivity index (χ0n) is 22.5. The van der Waals surface area contributed by atoms with Crippen molar-refractivity contribution in [1.29, 1.82) is 0 Å². The molecular formula is C27H30F3N7O3S. The molecule has 0 unspecified atom stereocenters. The number of hydrogen-bond acceptors (Lipinski definition) is 8. The van der Waals surface area contributed by atoms with Gasteiger partial charge in [-0.15, -0.1) is 5.10 Å². The summed E-state index contributed by atoms with van der Waals surface area (Å²) in [6, 6.07) is 6.13. The summed E-state index contributed by atoms with van der Waals surface area (Å²) in [6.07, 6.45) is -0.956. The van der Waals surface area contributed by atoms with Crippen LogP contribution < -0.4 is 4.90 Å². The minimum absolute atomic E-state index is 0.0551. The quantitative estimate of drug-likeness (QED) is 0.366. The van der Waals surface area contributed by atoms with E-state index >= 15 is 0 Å². The molecule has 2 fully saturated rings. The van der Waals surface area contributed by atoms with Crippen molar-refractivity contribution in [2.24, 2.45) is 0 Å². The molecule has 2 aliphatic heterocycles. The predicted molar refractivity (Wildman–Crippen MR) is 147 cm³/mol. The summed E-state index contributed by atoms with van der Waals surface area (Å²) in [5, 5.41) is 4.95. The number of aromatic amines is 1. The first-order valence-electron chi connectivity index (χ1n) is 13.4. The average Bonchev–Trinajstić information content (AvgIpc) is 3.59. The zero-order chi connectivity index (χ0) is 28.8. The number of sulfone groups is 1. The fourth-order valence-corrected chi connectivity index (χ4v) is 6.69. The molecule has 4 aromatic rings. The van der Waals surface area contributed by atoms with Crippen molar-refractivity contribution in [3.8, 4) is 11.4 Å². The lowest BCUT2D eigenvalue weighted by atomic mass is 9.98. The predicted octanol–water partition coefficient (Wildman–Crippen LogP) is 3.10. The van der Waals surface area contributed by atoms with Gasteiger partial charge in [-0.2, -0.15) is 13.2 Å². The number of aromatic nitrogens is 5. The minimum atomic E-state index is -4.48. The van der Waals surface area contributed by atoms with Gasteiger partial charge < -0.3 is 14.6 Å². The van der Waals surface area contributed by atoms with E-state index in [1.807, 2.05) is 11.0 Å². The van der Waals surface area contributed by atoms with Crippen LogP contribution in [0.2, 0.25) is 0 Å². The van der Waals surface area contributed by atoms with E-state index in [1.165, 1.54) is 13.0 Å². The normalized spacial score (nSPS) is 18.3. The van der Waals surface area contributed by atoms with Crippen LogP contribution in [0.1, 0.15) is 28.1 Å². The first-order chi connectivity index (χ1) is 19.6. The van der Waals surface area contributed by atoms with Crippen molar-refractivity contribution < 1.29 is 26.3 Å². The van der Waals surface area contributed by atoms with Gasteiger partial charge in [0.05, 0.1) is 47.2 Å². The van der Waals surface area contributed by atoms with Gasteiger partial charge in [-0.25, -0.2) is 22.9 Å². The number of anilines is 1. The molecule has 1 aromatic carbocycles. The highest BCUT2D eigenvalue weighted by atomic mass is 32.2. The first-order valence-corrected chi connectivity index (χ1v) is 15.2. The number of alkyl halides is 3. The standard InChI is InChI=1S/C27H30F3N7O3S/c1-18-19(3-2-4-21(18)27(28,29)30)15-23-22(17-35-9-13-41(38,39)14-10-35)33-26-20(25-31-5-6-32-25)16-24(34-37(23)26)36-7-11-40-12-8-36/h2-6,16H,7-15,17H2,1H3,(H,31,32). The number of ether oxygens (including phenoxy) is 1. The van der Waals surface area contributed by atoms with Gasteiger partial charge >= 0.3 is 6.18 Å². The van der Waals surface area contributed by atoms with Crippen LogP contribution in [-0.2, 0) is 33.7 Å². The Bertz CT molecular complexity index is 1650. The topological polar surface area (TPSA) is 109 Å². The van der Waals surface area contributed by atoms with Crippen LogP contribution in [0.3, 0.4) is 0 Å². The maximum Gasteiger partial charge on any atom is 0.416 e. The Kier molecular flexibility index (Phi) is 7.24. The van der Waals surface area contributed by atoms with Crippen LogP contribution in [0, 0.1) is 6.92 Å². The second kappa shape index (κ2) is 10.7. The Labute approximate surface area is 235 Å². The molecule has 0 atom stereocenters. The van der Waals surface area contributed by atoms with Crippen molar-refractivity contribution in [3.63, 3.8) is 0 Å². The number of hydrogen-bond donors (Lipinski definition) is 1. The van der Waals surface area contributed by atoms with E-state index in [4.69, 9.17) is 14.8 Å². The molecule has 10 nitrogen and oxygen atoms in total. The molecule has 5 heterocycles. The third-order valence-electron chi connectivity index (χ3n) is 7.76. The molecule has 41 heavy (non-hydrogen) atoms. The summed E-state index contributed by atoms with van der Waals surface area (Å²) in [7, 11) is -3.08. The number of morpholine rings is 1. The fraction of sp³-hybridized carbons (Fsp3) is 0.444. The van der Waals surface area contributed by atoms with Crippen molar-refractivity contribution in [1.82, 2.24) is 29.5 Å². The third kappa shape index (κ3) is 5.68. The lowest BCUT2D eigenvalue weighted by Gasteiger charge is -2.28. The van der Waals surface area contributed by atoms with Crippen LogP contribution in [0.25, 0.3) is 17.0 Å². The van der Waals surface area contributed by atoms with E-state index in [1.54, 1.807) is 23.0 Å². The van der Waals surface area contributed by atoms with Gasteiger partial charge in [0.15, 0.2) is 21.3 Å². The molecule has 14 heteroatoms. The molecule has 218 valence electrons. The summed E-state index contributed by atoms with van der Waals surface area (Å²) < 4.78 is 72.6. The average molecular weight is 590 g/mol. The van der Waals surface area contributed by atoms with Gasteiger partial charge in [0.25, 0.3) is 0 Å². The van der Waals surface area contributed by atoms with E-state index in [-0.39, 0.29) is 23.5 Å². The van der Waals surface area contributed by atoms with Gasteiger partial charge in [-0.3, -0.25) is 4.90 Å². The SMILES string of the molecule is Cc1c(Cc2c(CN3CCS(=O)(=O)CC3)nc3c(-c4ncc[nH]4)cc(N4CCOCC4)nn23)cccc1C(F)(F)F. The van der Waals surface area contributed by atoms with Crippen molar-refractivity contribution in [3.05, 3.63) is 64.7 Å². The lowest BCUT2D eigenvalue weighted by Crippen LogP contribution is -2.39. The fourth-order valence-electron chi connectivity index (χ4n) is 5.42. The van der Waals surface area contributed by atoms with Crippen LogP contribution in [0.5, 0.6) is 0 Å². The monoisotopic (exact) mass is 589 g/mol. The van der Waals surface area contributed by atoms with Gasteiger partial charge in [-0.05, 0) is 30.2 Å². The van der Waals surface area contributed by atoms with Gasteiger partial charge in [0, 0.05) is 51.5 Å². The second-order valence-corrected chi connectivity index (χ2v) is 12.7. The lowest BCUT2D eigenvalue weighted by molar-refractivity contribution is -0.138. The number of fused-ring (bicyclic) bond motifs is 1. The molecule has 0 amide bonds. The van der Waals surface area contributed by atoms with Crippen LogP contribution in [-0.4, -0.2) is 88.8 Å². The van der Waals surface area contributed by atoms with E-state index in [0.717, 1.165) is 6.07 Å². The Morgan fingerprint density at radius 3 is 2.54 bits per heavy atom.